The summed E-state index contributed by atoms with van der Waals surface area (Å²) in [6.45, 7) is 1.73. The fourth-order valence-electron chi connectivity index (χ4n) is 2.33. The number of alkyl halides is 3. The molecule has 0 aliphatic heterocycles. The molecule has 1 N–H and O–H groups in total. The Morgan fingerprint density at radius 3 is 2.54 bits per heavy atom. The first kappa shape index (κ1) is 16.0. The molecule has 3 aromatic rings. The summed E-state index contributed by atoms with van der Waals surface area (Å²) in [5.74, 6) is 0.210. The molecule has 0 radical (unpaired) electrons. The quantitative estimate of drug-likeness (QED) is 0.775. The zero-order valence-electron chi connectivity index (χ0n) is 12.6. The largest absolute Gasteiger partial charge is 0.441 e. The Bertz CT molecular complexity index is 883. The minimum absolute atomic E-state index is 0.0801. The molecule has 7 heteroatoms. The third-order valence-electron chi connectivity index (χ3n) is 3.42. The Kier molecular flexibility index (Phi) is 4.01. The molecular formula is C17H13F3N2O2. The van der Waals surface area contributed by atoms with Gasteiger partial charge in [0.05, 0.1) is 12.0 Å². The molecule has 124 valence electrons. The van der Waals surface area contributed by atoms with Crippen molar-refractivity contribution in [3.63, 3.8) is 0 Å². The van der Waals surface area contributed by atoms with Gasteiger partial charge < -0.3 is 9.73 Å². The topological polar surface area (TPSA) is 55.1 Å². The number of carbonyl (C=O) groups excluding carboxylic acids is 1. The molecule has 0 atom stereocenters. The maximum absolute atomic E-state index is 12.5. The van der Waals surface area contributed by atoms with Gasteiger partial charge in [0.15, 0.2) is 11.5 Å². The summed E-state index contributed by atoms with van der Waals surface area (Å²) in [6.07, 6.45) is -4.32. The van der Waals surface area contributed by atoms with E-state index in [4.69, 9.17) is 4.42 Å². The standard InChI is InChI=1S/C17H13F3N2O2/c1-10-21-14-7-2-11(8-15(14)24-10)9-16(23)22-13-5-3-12(4-6-13)17(18,19)20/h2-8H,9H2,1H3,(H,22,23). The Morgan fingerprint density at radius 2 is 1.88 bits per heavy atom. The van der Waals surface area contributed by atoms with Gasteiger partial charge >= 0.3 is 6.18 Å². The van der Waals surface area contributed by atoms with E-state index in [1.807, 2.05) is 0 Å². The molecule has 4 nitrogen and oxygen atoms in total. The lowest BCUT2D eigenvalue weighted by Crippen LogP contribution is -2.14. The fraction of sp³-hybridized carbons (Fsp3) is 0.176. The Balaban J connectivity index is 1.68. The third-order valence-corrected chi connectivity index (χ3v) is 3.42. The number of aryl methyl sites for hydroxylation is 1. The lowest BCUT2D eigenvalue weighted by Gasteiger charge is -2.09. The summed E-state index contributed by atoms with van der Waals surface area (Å²) in [4.78, 5) is 16.2. The van der Waals surface area contributed by atoms with Gasteiger partial charge in [-0.15, -0.1) is 0 Å². The van der Waals surface area contributed by atoms with Crippen LogP contribution in [0.5, 0.6) is 0 Å². The molecule has 0 aliphatic carbocycles. The monoisotopic (exact) mass is 334 g/mol. The van der Waals surface area contributed by atoms with Crippen molar-refractivity contribution in [2.24, 2.45) is 0 Å². The van der Waals surface area contributed by atoms with E-state index in [9.17, 15) is 18.0 Å². The molecule has 1 heterocycles. The van der Waals surface area contributed by atoms with Crippen LogP contribution in [0.2, 0.25) is 0 Å². The summed E-state index contributed by atoms with van der Waals surface area (Å²) in [5.41, 5.74) is 1.58. The van der Waals surface area contributed by atoms with Crippen LogP contribution in [-0.2, 0) is 17.4 Å². The highest BCUT2D eigenvalue weighted by atomic mass is 19.4. The molecule has 24 heavy (non-hydrogen) atoms. The Labute approximate surface area is 135 Å². The number of carbonyl (C=O) groups is 1. The Morgan fingerprint density at radius 1 is 1.17 bits per heavy atom. The van der Waals surface area contributed by atoms with Crippen LogP contribution < -0.4 is 5.32 Å². The molecule has 1 amide bonds. The molecule has 0 saturated heterocycles. The number of nitrogens with zero attached hydrogens (tertiary/aromatic N) is 1. The van der Waals surface area contributed by atoms with E-state index in [1.165, 1.54) is 12.1 Å². The van der Waals surface area contributed by atoms with E-state index >= 15 is 0 Å². The number of amides is 1. The Hall–Kier alpha value is -2.83. The highest BCUT2D eigenvalue weighted by molar-refractivity contribution is 5.92. The summed E-state index contributed by atoms with van der Waals surface area (Å²) in [6, 6.07) is 9.55. The van der Waals surface area contributed by atoms with Crippen molar-refractivity contribution in [2.75, 3.05) is 5.32 Å². The number of anilines is 1. The number of hydrogen-bond acceptors (Lipinski definition) is 3. The second kappa shape index (κ2) is 5.99. The zero-order chi connectivity index (χ0) is 17.3. The van der Waals surface area contributed by atoms with Gasteiger partial charge in [-0.25, -0.2) is 4.98 Å². The molecule has 0 fully saturated rings. The molecule has 3 rings (SSSR count). The lowest BCUT2D eigenvalue weighted by atomic mass is 10.1. The summed E-state index contributed by atoms with van der Waals surface area (Å²) in [5, 5.41) is 2.57. The lowest BCUT2D eigenvalue weighted by molar-refractivity contribution is -0.137. The number of nitrogens with one attached hydrogen (secondary N) is 1. The van der Waals surface area contributed by atoms with Gasteiger partial charge in [0.25, 0.3) is 0 Å². The molecule has 0 spiro atoms. The van der Waals surface area contributed by atoms with Gasteiger partial charge in [0.1, 0.15) is 5.52 Å². The van der Waals surface area contributed by atoms with Crippen LogP contribution in [0.4, 0.5) is 18.9 Å². The van der Waals surface area contributed by atoms with Crippen molar-refractivity contribution in [3.8, 4) is 0 Å². The average molecular weight is 334 g/mol. The normalized spacial score (nSPS) is 11.7. The van der Waals surface area contributed by atoms with Crippen molar-refractivity contribution < 1.29 is 22.4 Å². The van der Waals surface area contributed by atoms with Gasteiger partial charge in [-0.2, -0.15) is 13.2 Å². The van der Waals surface area contributed by atoms with Crippen LogP contribution in [0.15, 0.2) is 46.9 Å². The van der Waals surface area contributed by atoms with Crippen molar-refractivity contribution in [1.82, 2.24) is 4.98 Å². The molecular weight excluding hydrogens is 321 g/mol. The van der Waals surface area contributed by atoms with Crippen molar-refractivity contribution in [3.05, 3.63) is 59.5 Å². The van der Waals surface area contributed by atoms with Crippen LogP contribution in [0.1, 0.15) is 17.0 Å². The van der Waals surface area contributed by atoms with Crippen LogP contribution in [0.25, 0.3) is 11.1 Å². The molecule has 0 unspecified atom stereocenters. The minimum atomic E-state index is -4.40. The molecule has 2 aromatic carbocycles. The maximum Gasteiger partial charge on any atom is 0.416 e. The molecule has 1 aromatic heterocycles. The van der Waals surface area contributed by atoms with Crippen molar-refractivity contribution in [1.29, 1.82) is 0 Å². The molecule has 0 saturated carbocycles. The number of halogens is 3. The number of aromatic nitrogens is 1. The number of fused-ring (bicyclic) bond motifs is 1. The van der Waals surface area contributed by atoms with Gasteiger partial charge in [0, 0.05) is 12.6 Å². The summed E-state index contributed by atoms with van der Waals surface area (Å²) in [7, 11) is 0. The van der Waals surface area contributed by atoms with E-state index in [-0.39, 0.29) is 12.3 Å². The highest BCUT2D eigenvalue weighted by Gasteiger charge is 2.29. The van der Waals surface area contributed by atoms with E-state index in [0.29, 0.717) is 22.7 Å². The number of rotatable bonds is 3. The predicted molar refractivity (Wildman–Crippen MR) is 82.5 cm³/mol. The fourth-order valence-corrected chi connectivity index (χ4v) is 2.33. The van der Waals surface area contributed by atoms with Crippen LogP contribution in [-0.4, -0.2) is 10.9 Å². The summed E-state index contributed by atoms with van der Waals surface area (Å²) < 4.78 is 42.9. The molecule has 0 aliphatic rings. The number of hydrogen-bond donors (Lipinski definition) is 1. The zero-order valence-corrected chi connectivity index (χ0v) is 12.6. The molecule has 0 bridgehead atoms. The first-order valence-electron chi connectivity index (χ1n) is 7.14. The third kappa shape index (κ3) is 3.56. The van der Waals surface area contributed by atoms with Gasteiger partial charge in [-0.3, -0.25) is 4.79 Å². The van der Waals surface area contributed by atoms with Gasteiger partial charge in [-0.1, -0.05) is 6.07 Å². The average Bonchev–Trinajstić information content (AvgIpc) is 2.86. The SMILES string of the molecule is Cc1nc2ccc(CC(=O)Nc3ccc(C(F)(F)F)cc3)cc2o1. The van der Waals surface area contributed by atoms with Gasteiger partial charge in [-0.05, 0) is 42.0 Å². The minimum Gasteiger partial charge on any atom is -0.441 e. The predicted octanol–water partition coefficient (Wildman–Crippen LogP) is 4.34. The first-order chi connectivity index (χ1) is 11.3. The second-order valence-electron chi connectivity index (χ2n) is 5.34. The van der Waals surface area contributed by atoms with E-state index in [0.717, 1.165) is 17.7 Å². The van der Waals surface area contributed by atoms with Crippen LogP contribution in [0, 0.1) is 6.92 Å². The van der Waals surface area contributed by atoms with Gasteiger partial charge in [0.2, 0.25) is 5.91 Å². The van der Waals surface area contributed by atoms with Crippen LogP contribution >= 0.6 is 0 Å². The first-order valence-corrected chi connectivity index (χ1v) is 7.14. The van der Waals surface area contributed by atoms with E-state index in [2.05, 4.69) is 10.3 Å². The van der Waals surface area contributed by atoms with E-state index in [1.54, 1.807) is 25.1 Å². The number of benzene rings is 2. The van der Waals surface area contributed by atoms with Crippen LogP contribution in [0.3, 0.4) is 0 Å². The second-order valence-corrected chi connectivity index (χ2v) is 5.34. The smallest absolute Gasteiger partial charge is 0.416 e. The maximum atomic E-state index is 12.5. The van der Waals surface area contributed by atoms with E-state index < -0.39 is 11.7 Å². The summed E-state index contributed by atoms with van der Waals surface area (Å²) >= 11 is 0. The number of oxazole rings is 1. The van der Waals surface area contributed by atoms with Crippen molar-refractivity contribution in [2.45, 2.75) is 19.5 Å². The van der Waals surface area contributed by atoms with Crippen molar-refractivity contribution >= 4 is 22.7 Å². The highest BCUT2D eigenvalue weighted by Crippen LogP contribution is 2.29.